The van der Waals surface area contributed by atoms with Crippen LogP contribution in [0.2, 0.25) is 0 Å². The van der Waals surface area contributed by atoms with Gasteiger partial charge in [0.25, 0.3) is 0 Å². The van der Waals surface area contributed by atoms with Crippen molar-refractivity contribution in [1.29, 1.82) is 5.26 Å². The fraction of sp³-hybridized carbons (Fsp3) is 0.833. The molecule has 0 aromatic heterocycles. The molecule has 0 saturated carbocycles. The zero-order valence-electron chi connectivity index (χ0n) is 5.66. The van der Waals surface area contributed by atoms with Gasteiger partial charge in [0.15, 0.2) is 0 Å². The van der Waals surface area contributed by atoms with Gasteiger partial charge in [0.1, 0.15) is 6.10 Å². The van der Waals surface area contributed by atoms with Crippen LogP contribution in [0.5, 0.6) is 0 Å². The molecular weight excluding hydrogens is 118 g/mol. The van der Waals surface area contributed by atoms with Crippen LogP contribution in [0.3, 0.4) is 0 Å². The maximum Gasteiger partial charge on any atom is 0.141 e. The minimum absolute atomic E-state index is 0.0357. The standard InChI is InChI=1S/C6H11NO2/c1-5(3-7)9-6(2)4-8/h5-6,8H,4H2,1-2H3. The fourth-order valence-electron chi connectivity index (χ4n) is 0.422. The summed E-state index contributed by atoms with van der Waals surface area (Å²) in [6.45, 7) is 3.33. The highest BCUT2D eigenvalue weighted by Crippen LogP contribution is 1.94. The van der Waals surface area contributed by atoms with E-state index >= 15 is 0 Å². The highest BCUT2D eigenvalue weighted by molar-refractivity contribution is 4.79. The highest BCUT2D eigenvalue weighted by atomic mass is 16.5. The molecule has 0 saturated heterocycles. The minimum atomic E-state index is -0.424. The van der Waals surface area contributed by atoms with E-state index in [0.717, 1.165) is 0 Å². The summed E-state index contributed by atoms with van der Waals surface area (Å²) < 4.78 is 4.94. The first-order valence-electron chi connectivity index (χ1n) is 2.86. The summed E-state index contributed by atoms with van der Waals surface area (Å²) in [6.07, 6.45) is -0.660. The summed E-state index contributed by atoms with van der Waals surface area (Å²) in [5.74, 6) is 0. The first-order valence-corrected chi connectivity index (χ1v) is 2.86. The number of nitrogens with zero attached hydrogens (tertiary/aromatic N) is 1. The Morgan fingerprint density at radius 1 is 1.67 bits per heavy atom. The molecule has 0 aromatic carbocycles. The van der Waals surface area contributed by atoms with Gasteiger partial charge in [-0.1, -0.05) is 0 Å². The van der Waals surface area contributed by atoms with E-state index in [-0.39, 0.29) is 12.7 Å². The average molecular weight is 129 g/mol. The molecule has 3 nitrogen and oxygen atoms in total. The van der Waals surface area contributed by atoms with E-state index < -0.39 is 6.10 Å². The van der Waals surface area contributed by atoms with Crippen LogP contribution in [-0.4, -0.2) is 23.9 Å². The molecule has 3 heteroatoms. The second-order valence-electron chi connectivity index (χ2n) is 1.90. The third kappa shape index (κ3) is 3.95. The van der Waals surface area contributed by atoms with Crippen LogP contribution in [-0.2, 0) is 4.74 Å². The van der Waals surface area contributed by atoms with Crippen molar-refractivity contribution >= 4 is 0 Å². The molecule has 0 spiro atoms. The van der Waals surface area contributed by atoms with Crippen molar-refractivity contribution < 1.29 is 9.84 Å². The Balaban J connectivity index is 3.37. The molecule has 52 valence electrons. The number of rotatable bonds is 3. The maximum absolute atomic E-state index is 8.44. The number of hydrogen-bond donors (Lipinski definition) is 1. The third-order valence-electron chi connectivity index (χ3n) is 0.875. The van der Waals surface area contributed by atoms with Crippen molar-refractivity contribution in [2.45, 2.75) is 26.1 Å². The topological polar surface area (TPSA) is 53.2 Å². The van der Waals surface area contributed by atoms with Crippen LogP contribution in [0, 0.1) is 11.3 Å². The smallest absolute Gasteiger partial charge is 0.141 e. The van der Waals surface area contributed by atoms with Crippen molar-refractivity contribution in [2.75, 3.05) is 6.61 Å². The number of hydrogen-bond acceptors (Lipinski definition) is 3. The monoisotopic (exact) mass is 129 g/mol. The molecule has 0 rings (SSSR count). The largest absolute Gasteiger partial charge is 0.394 e. The van der Waals surface area contributed by atoms with E-state index in [1.807, 2.05) is 6.07 Å². The van der Waals surface area contributed by atoms with E-state index in [2.05, 4.69) is 0 Å². The van der Waals surface area contributed by atoms with Crippen molar-refractivity contribution in [3.63, 3.8) is 0 Å². The van der Waals surface area contributed by atoms with E-state index in [1.54, 1.807) is 13.8 Å². The SMILES string of the molecule is CC(C#N)OC(C)CO. The third-order valence-corrected chi connectivity index (χ3v) is 0.875. The van der Waals surface area contributed by atoms with Crippen molar-refractivity contribution in [3.8, 4) is 6.07 Å². The molecule has 0 aliphatic heterocycles. The van der Waals surface area contributed by atoms with Gasteiger partial charge in [-0.2, -0.15) is 5.26 Å². The van der Waals surface area contributed by atoms with E-state index in [1.165, 1.54) is 0 Å². The van der Waals surface area contributed by atoms with Crippen molar-refractivity contribution in [3.05, 3.63) is 0 Å². The predicted molar refractivity (Wildman–Crippen MR) is 32.7 cm³/mol. The minimum Gasteiger partial charge on any atom is -0.394 e. The zero-order chi connectivity index (χ0) is 7.28. The summed E-state index contributed by atoms with van der Waals surface area (Å²) in [6, 6.07) is 1.90. The Hall–Kier alpha value is -0.590. The van der Waals surface area contributed by atoms with Crippen LogP contribution in [0.25, 0.3) is 0 Å². The Morgan fingerprint density at radius 3 is 2.56 bits per heavy atom. The quantitative estimate of drug-likeness (QED) is 0.596. The normalized spacial score (nSPS) is 16.2. The maximum atomic E-state index is 8.44. The number of aliphatic hydroxyl groups excluding tert-OH is 1. The highest BCUT2D eigenvalue weighted by Gasteiger charge is 2.04. The van der Waals surface area contributed by atoms with Gasteiger partial charge in [-0.3, -0.25) is 0 Å². The van der Waals surface area contributed by atoms with Gasteiger partial charge in [0.05, 0.1) is 18.8 Å². The molecule has 1 N–H and O–H groups in total. The number of nitriles is 1. The molecule has 0 aromatic rings. The summed E-state index contributed by atoms with van der Waals surface area (Å²) in [5, 5.41) is 16.7. The Kier molecular flexibility index (Phi) is 4.02. The Labute approximate surface area is 54.9 Å². The molecule has 2 unspecified atom stereocenters. The molecular formula is C6H11NO2. The zero-order valence-corrected chi connectivity index (χ0v) is 5.66. The molecule has 0 aliphatic carbocycles. The van der Waals surface area contributed by atoms with Gasteiger partial charge in [-0.05, 0) is 13.8 Å². The van der Waals surface area contributed by atoms with Gasteiger partial charge in [-0.25, -0.2) is 0 Å². The predicted octanol–water partition coefficient (Wildman–Crippen LogP) is 0.296. The van der Waals surface area contributed by atoms with Crippen LogP contribution < -0.4 is 0 Å². The lowest BCUT2D eigenvalue weighted by atomic mass is 10.4. The number of ether oxygens (including phenoxy) is 1. The average Bonchev–Trinajstić information content (AvgIpc) is 1.87. The van der Waals surface area contributed by atoms with Crippen LogP contribution >= 0.6 is 0 Å². The van der Waals surface area contributed by atoms with Gasteiger partial charge >= 0.3 is 0 Å². The van der Waals surface area contributed by atoms with E-state index in [9.17, 15) is 0 Å². The van der Waals surface area contributed by atoms with Crippen LogP contribution in [0.15, 0.2) is 0 Å². The van der Waals surface area contributed by atoms with Crippen LogP contribution in [0.4, 0.5) is 0 Å². The first kappa shape index (κ1) is 8.41. The van der Waals surface area contributed by atoms with Gasteiger partial charge in [0.2, 0.25) is 0 Å². The Morgan fingerprint density at radius 2 is 2.22 bits per heavy atom. The summed E-state index contributed by atoms with van der Waals surface area (Å²) in [4.78, 5) is 0. The molecule has 0 fully saturated rings. The van der Waals surface area contributed by atoms with Gasteiger partial charge in [-0.15, -0.1) is 0 Å². The van der Waals surface area contributed by atoms with Crippen molar-refractivity contribution in [2.24, 2.45) is 0 Å². The molecule has 0 bridgehead atoms. The van der Waals surface area contributed by atoms with Crippen molar-refractivity contribution in [1.82, 2.24) is 0 Å². The number of aliphatic hydroxyl groups is 1. The van der Waals surface area contributed by atoms with E-state index in [0.29, 0.717) is 0 Å². The van der Waals surface area contributed by atoms with Crippen LogP contribution in [0.1, 0.15) is 13.8 Å². The fourth-order valence-corrected chi connectivity index (χ4v) is 0.422. The lowest BCUT2D eigenvalue weighted by molar-refractivity contribution is 0.00327. The molecule has 0 radical (unpaired) electrons. The van der Waals surface area contributed by atoms with Gasteiger partial charge in [0, 0.05) is 0 Å². The molecule has 2 atom stereocenters. The van der Waals surface area contributed by atoms with Gasteiger partial charge < -0.3 is 9.84 Å². The van der Waals surface area contributed by atoms with E-state index in [4.69, 9.17) is 15.1 Å². The second kappa shape index (κ2) is 4.30. The lowest BCUT2D eigenvalue weighted by Crippen LogP contribution is -2.18. The molecule has 0 aliphatic rings. The summed E-state index contributed by atoms with van der Waals surface area (Å²) >= 11 is 0. The first-order chi connectivity index (χ1) is 4.20. The summed E-state index contributed by atoms with van der Waals surface area (Å²) in [7, 11) is 0. The Bertz CT molecular complexity index is 108. The molecule has 0 heterocycles. The molecule has 9 heavy (non-hydrogen) atoms. The lowest BCUT2D eigenvalue weighted by Gasteiger charge is -2.10. The molecule has 0 amide bonds. The second-order valence-corrected chi connectivity index (χ2v) is 1.90. The summed E-state index contributed by atoms with van der Waals surface area (Å²) in [5.41, 5.74) is 0.